The van der Waals surface area contributed by atoms with Gasteiger partial charge in [-0.05, 0) is 25.5 Å². The molecule has 0 aliphatic carbocycles. The summed E-state index contributed by atoms with van der Waals surface area (Å²) in [6.45, 7) is 4.34. The first-order valence-corrected chi connectivity index (χ1v) is 5.57. The van der Waals surface area contributed by atoms with Crippen LogP contribution in [0.4, 0.5) is 5.69 Å². The molecule has 0 saturated carbocycles. The van der Waals surface area contributed by atoms with E-state index in [4.69, 9.17) is 0 Å². The van der Waals surface area contributed by atoms with E-state index in [1.165, 1.54) is 22.5 Å². The molecular weight excluding hydrogens is 184 g/mol. The molecule has 1 aromatic rings. The number of nitrogens with zero attached hydrogens (tertiary/aromatic N) is 1. The summed E-state index contributed by atoms with van der Waals surface area (Å²) in [7, 11) is 1.89. The molecule has 1 aliphatic heterocycles. The van der Waals surface area contributed by atoms with E-state index in [1.54, 1.807) is 0 Å². The smallest absolute Gasteiger partial charge is 0.0458 e. The summed E-state index contributed by atoms with van der Waals surface area (Å²) in [5.74, 6) is 0. The summed E-state index contributed by atoms with van der Waals surface area (Å²) in [5.41, 5.74) is 5.05. The van der Waals surface area contributed by atoms with Crippen molar-refractivity contribution >= 4 is 11.4 Å². The largest absolute Gasteiger partial charge is 0.381 e. The minimum Gasteiger partial charge on any atom is -0.381 e. The molecule has 0 radical (unpaired) electrons. The second-order valence-corrected chi connectivity index (χ2v) is 4.17. The summed E-state index contributed by atoms with van der Waals surface area (Å²) in [5, 5.41) is 3.56. The quantitative estimate of drug-likeness (QED) is 0.743. The molecule has 1 heterocycles. The van der Waals surface area contributed by atoms with Gasteiger partial charge in [-0.25, -0.2) is 0 Å². The average Bonchev–Trinajstić information content (AvgIpc) is 2.27. The highest BCUT2D eigenvalue weighted by molar-refractivity contribution is 6.07. The molecule has 0 bridgehead atoms. The van der Waals surface area contributed by atoms with Crippen LogP contribution < -0.4 is 5.32 Å². The van der Waals surface area contributed by atoms with Gasteiger partial charge in [-0.3, -0.25) is 4.99 Å². The van der Waals surface area contributed by atoms with E-state index in [2.05, 4.69) is 42.4 Å². The predicted molar refractivity (Wildman–Crippen MR) is 66.0 cm³/mol. The minimum atomic E-state index is 0.541. The lowest BCUT2D eigenvalue weighted by Gasteiger charge is -2.27. The Bertz CT molecular complexity index is 394. The lowest BCUT2D eigenvalue weighted by atomic mass is 9.93. The molecule has 0 aromatic heterocycles. The van der Waals surface area contributed by atoms with Gasteiger partial charge in [0.2, 0.25) is 0 Å². The Morgan fingerprint density at radius 2 is 2.27 bits per heavy atom. The van der Waals surface area contributed by atoms with Crippen LogP contribution >= 0.6 is 0 Å². The maximum absolute atomic E-state index is 4.40. The highest BCUT2D eigenvalue weighted by Crippen LogP contribution is 2.27. The van der Waals surface area contributed by atoms with E-state index in [-0.39, 0.29) is 0 Å². The summed E-state index contributed by atoms with van der Waals surface area (Å²) < 4.78 is 0. The van der Waals surface area contributed by atoms with Gasteiger partial charge in [0.1, 0.15) is 0 Å². The second kappa shape index (κ2) is 4.05. The summed E-state index contributed by atoms with van der Waals surface area (Å²) in [4.78, 5) is 4.40. The lowest BCUT2D eigenvalue weighted by molar-refractivity contribution is 0.712. The number of benzene rings is 1. The number of fused-ring (bicyclic) bond motifs is 1. The van der Waals surface area contributed by atoms with Crippen molar-refractivity contribution in [2.45, 2.75) is 32.7 Å². The second-order valence-electron chi connectivity index (χ2n) is 4.17. The maximum atomic E-state index is 4.40. The first-order chi connectivity index (χ1) is 7.24. The Morgan fingerprint density at radius 1 is 1.47 bits per heavy atom. The number of aliphatic imine (C=N–C) groups is 1. The third kappa shape index (κ3) is 1.89. The first-order valence-electron chi connectivity index (χ1n) is 5.57. The van der Waals surface area contributed by atoms with Crippen LogP contribution in [0.25, 0.3) is 0 Å². The topological polar surface area (TPSA) is 24.4 Å². The monoisotopic (exact) mass is 202 g/mol. The Labute approximate surface area is 91.4 Å². The number of rotatable bonds is 1. The van der Waals surface area contributed by atoms with Gasteiger partial charge >= 0.3 is 0 Å². The van der Waals surface area contributed by atoms with Gasteiger partial charge in [-0.2, -0.15) is 0 Å². The van der Waals surface area contributed by atoms with Crippen LogP contribution in [0.3, 0.4) is 0 Å². The zero-order valence-electron chi connectivity index (χ0n) is 9.67. The zero-order chi connectivity index (χ0) is 10.8. The van der Waals surface area contributed by atoms with Gasteiger partial charge in [-0.1, -0.05) is 18.6 Å². The summed E-state index contributed by atoms with van der Waals surface area (Å²) >= 11 is 0. The SMILES string of the molecule is CC[C@@H]1CC(=NC)c2cc(C)ccc2N1. The summed E-state index contributed by atoms with van der Waals surface area (Å²) in [6.07, 6.45) is 2.19. The number of hydrogen-bond donors (Lipinski definition) is 1. The van der Waals surface area contributed by atoms with Crippen LogP contribution in [0.1, 0.15) is 30.9 Å². The van der Waals surface area contributed by atoms with E-state index in [0.717, 1.165) is 12.8 Å². The van der Waals surface area contributed by atoms with Gasteiger partial charge in [0.15, 0.2) is 0 Å². The Morgan fingerprint density at radius 3 is 2.93 bits per heavy atom. The van der Waals surface area contributed by atoms with Crippen LogP contribution in [0.15, 0.2) is 23.2 Å². The molecule has 1 aliphatic rings. The Kier molecular flexibility index (Phi) is 2.76. The number of nitrogens with one attached hydrogen (secondary N) is 1. The molecule has 15 heavy (non-hydrogen) atoms. The fourth-order valence-corrected chi connectivity index (χ4v) is 2.10. The van der Waals surface area contributed by atoms with E-state index < -0.39 is 0 Å². The molecule has 1 atom stereocenters. The van der Waals surface area contributed by atoms with Gasteiger partial charge in [-0.15, -0.1) is 0 Å². The molecule has 0 unspecified atom stereocenters. The normalized spacial score (nSPS) is 22.3. The van der Waals surface area contributed by atoms with E-state index in [0.29, 0.717) is 6.04 Å². The first kappa shape index (κ1) is 10.2. The number of hydrogen-bond acceptors (Lipinski definition) is 2. The Balaban J connectivity index is 2.45. The molecular formula is C13H18N2. The molecule has 2 nitrogen and oxygen atoms in total. The molecule has 0 spiro atoms. The third-order valence-electron chi connectivity index (χ3n) is 3.05. The van der Waals surface area contributed by atoms with Gasteiger partial charge < -0.3 is 5.32 Å². The molecule has 80 valence electrons. The fourth-order valence-electron chi connectivity index (χ4n) is 2.10. The molecule has 2 rings (SSSR count). The number of aryl methyl sites for hydroxylation is 1. The third-order valence-corrected chi connectivity index (χ3v) is 3.05. The van der Waals surface area contributed by atoms with Crippen LogP contribution in [-0.2, 0) is 0 Å². The minimum absolute atomic E-state index is 0.541. The van der Waals surface area contributed by atoms with Crippen LogP contribution in [0.2, 0.25) is 0 Å². The van der Waals surface area contributed by atoms with Crippen molar-refractivity contribution in [2.24, 2.45) is 4.99 Å². The molecule has 0 fully saturated rings. The zero-order valence-corrected chi connectivity index (χ0v) is 9.67. The highest BCUT2D eigenvalue weighted by Gasteiger charge is 2.20. The van der Waals surface area contributed by atoms with Gasteiger partial charge in [0.25, 0.3) is 0 Å². The average molecular weight is 202 g/mol. The van der Waals surface area contributed by atoms with Crippen LogP contribution in [0, 0.1) is 6.92 Å². The standard InChI is InChI=1S/C13H18N2/c1-4-10-8-13(14-3)11-7-9(2)5-6-12(11)15-10/h5-7,10,15H,4,8H2,1-3H3/t10-/m1/s1. The van der Waals surface area contributed by atoms with E-state index >= 15 is 0 Å². The van der Waals surface area contributed by atoms with E-state index in [1.807, 2.05) is 7.05 Å². The molecule has 1 N–H and O–H groups in total. The fraction of sp³-hybridized carbons (Fsp3) is 0.462. The highest BCUT2D eigenvalue weighted by atomic mass is 14.9. The number of anilines is 1. The van der Waals surface area contributed by atoms with Crippen LogP contribution in [0.5, 0.6) is 0 Å². The van der Waals surface area contributed by atoms with Crippen molar-refractivity contribution in [3.8, 4) is 0 Å². The van der Waals surface area contributed by atoms with Crippen molar-refractivity contribution in [1.82, 2.24) is 0 Å². The lowest BCUT2D eigenvalue weighted by Crippen LogP contribution is -2.29. The van der Waals surface area contributed by atoms with Crippen molar-refractivity contribution < 1.29 is 0 Å². The van der Waals surface area contributed by atoms with E-state index in [9.17, 15) is 0 Å². The maximum Gasteiger partial charge on any atom is 0.0458 e. The molecule has 2 heteroatoms. The van der Waals surface area contributed by atoms with Crippen molar-refractivity contribution in [3.05, 3.63) is 29.3 Å². The molecule has 1 aromatic carbocycles. The molecule has 0 amide bonds. The van der Waals surface area contributed by atoms with Crippen LogP contribution in [-0.4, -0.2) is 18.8 Å². The predicted octanol–water partition coefficient (Wildman–Crippen LogP) is 3.01. The van der Waals surface area contributed by atoms with Crippen molar-refractivity contribution in [1.29, 1.82) is 0 Å². The van der Waals surface area contributed by atoms with Crippen molar-refractivity contribution in [3.63, 3.8) is 0 Å². The summed E-state index contributed by atoms with van der Waals surface area (Å²) in [6, 6.07) is 7.07. The van der Waals surface area contributed by atoms with Gasteiger partial charge in [0.05, 0.1) is 0 Å². The molecule has 0 saturated heterocycles. The van der Waals surface area contributed by atoms with Gasteiger partial charge in [0, 0.05) is 36.5 Å². The van der Waals surface area contributed by atoms with Crippen molar-refractivity contribution in [2.75, 3.05) is 12.4 Å². The Hall–Kier alpha value is -1.31.